The van der Waals surface area contributed by atoms with Gasteiger partial charge in [-0.25, -0.2) is 4.39 Å². The molecule has 1 aromatic carbocycles. The first kappa shape index (κ1) is 12.0. The third-order valence-corrected chi connectivity index (χ3v) is 3.53. The van der Waals surface area contributed by atoms with E-state index in [0.29, 0.717) is 16.3 Å². The second-order valence-electron chi connectivity index (χ2n) is 3.97. The summed E-state index contributed by atoms with van der Waals surface area (Å²) in [4.78, 5) is 4.52. The van der Waals surface area contributed by atoms with Crippen molar-refractivity contribution in [2.45, 2.75) is 19.8 Å². The van der Waals surface area contributed by atoms with Crippen LogP contribution in [0.5, 0.6) is 0 Å². The van der Waals surface area contributed by atoms with E-state index in [1.807, 2.05) is 6.07 Å². The SMILES string of the molecule is CC(C)c1cc(Cl)c2cc(F)cc(I)c2n1. The molecule has 2 rings (SSSR count). The summed E-state index contributed by atoms with van der Waals surface area (Å²) in [7, 11) is 0. The Morgan fingerprint density at radius 3 is 2.62 bits per heavy atom. The van der Waals surface area contributed by atoms with E-state index in [-0.39, 0.29) is 5.82 Å². The van der Waals surface area contributed by atoms with Crippen LogP contribution >= 0.6 is 34.2 Å². The first-order chi connectivity index (χ1) is 7.49. The third kappa shape index (κ3) is 2.15. The first-order valence-corrected chi connectivity index (χ1v) is 6.40. The molecule has 4 heteroatoms. The van der Waals surface area contributed by atoms with Gasteiger partial charge in [-0.05, 0) is 46.7 Å². The van der Waals surface area contributed by atoms with Crippen LogP contribution in [0.4, 0.5) is 4.39 Å². The fourth-order valence-corrected chi connectivity index (χ4v) is 2.49. The highest BCUT2D eigenvalue weighted by atomic mass is 127. The lowest BCUT2D eigenvalue weighted by Crippen LogP contribution is -1.95. The Morgan fingerprint density at radius 1 is 1.31 bits per heavy atom. The zero-order valence-electron chi connectivity index (χ0n) is 8.89. The monoisotopic (exact) mass is 349 g/mol. The van der Waals surface area contributed by atoms with Gasteiger partial charge in [-0.3, -0.25) is 4.98 Å². The summed E-state index contributed by atoms with van der Waals surface area (Å²) in [6.07, 6.45) is 0. The molecule has 0 radical (unpaired) electrons. The van der Waals surface area contributed by atoms with Crippen molar-refractivity contribution in [1.82, 2.24) is 4.98 Å². The molecule has 0 saturated carbocycles. The van der Waals surface area contributed by atoms with Gasteiger partial charge in [-0.1, -0.05) is 25.4 Å². The van der Waals surface area contributed by atoms with Crippen LogP contribution in [0, 0.1) is 9.39 Å². The molecule has 84 valence electrons. The van der Waals surface area contributed by atoms with E-state index < -0.39 is 0 Å². The molecule has 16 heavy (non-hydrogen) atoms. The number of halogens is 3. The van der Waals surface area contributed by atoms with Crippen molar-refractivity contribution in [2.75, 3.05) is 0 Å². The second-order valence-corrected chi connectivity index (χ2v) is 5.54. The standard InChI is InChI=1S/C12H10ClFIN/c1-6(2)11-5-9(13)8-3-7(14)4-10(15)12(8)16-11/h3-6H,1-2H3. The van der Waals surface area contributed by atoms with E-state index in [1.54, 1.807) is 0 Å². The predicted octanol–water partition coefficient (Wildman–Crippen LogP) is 4.76. The summed E-state index contributed by atoms with van der Waals surface area (Å²) in [6, 6.07) is 4.71. The molecule has 0 atom stereocenters. The average Bonchev–Trinajstić information content (AvgIpc) is 2.19. The lowest BCUT2D eigenvalue weighted by atomic mass is 10.1. The molecule has 0 aliphatic rings. The third-order valence-electron chi connectivity index (χ3n) is 2.39. The fourth-order valence-electron chi connectivity index (χ4n) is 1.53. The van der Waals surface area contributed by atoms with Crippen LogP contribution in [-0.4, -0.2) is 4.98 Å². The van der Waals surface area contributed by atoms with E-state index in [1.165, 1.54) is 12.1 Å². The Morgan fingerprint density at radius 2 is 2.00 bits per heavy atom. The predicted molar refractivity (Wildman–Crippen MR) is 73.5 cm³/mol. The molecule has 0 fully saturated rings. The molecule has 0 aliphatic heterocycles. The van der Waals surface area contributed by atoms with Gasteiger partial charge in [0.15, 0.2) is 0 Å². The maximum atomic E-state index is 13.2. The normalized spacial score (nSPS) is 11.4. The van der Waals surface area contributed by atoms with Crippen molar-refractivity contribution < 1.29 is 4.39 Å². The van der Waals surface area contributed by atoms with Crippen molar-refractivity contribution in [1.29, 1.82) is 0 Å². The Kier molecular flexibility index (Phi) is 3.35. The summed E-state index contributed by atoms with van der Waals surface area (Å²) in [5.74, 6) is 0.0284. The van der Waals surface area contributed by atoms with Crippen molar-refractivity contribution >= 4 is 45.1 Å². The molecule has 0 spiro atoms. The highest BCUT2D eigenvalue weighted by Gasteiger charge is 2.10. The maximum Gasteiger partial charge on any atom is 0.125 e. The Bertz CT molecular complexity index is 554. The lowest BCUT2D eigenvalue weighted by Gasteiger charge is -2.09. The summed E-state index contributed by atoms with van der Waals surface area (Å²) in [6.45, 7) is 4.11. The minimum absolute atomic E-state index is 0.280. The molecular weight excluding hydrogens is 339 g/mol. The largest absolute Gasteiger partial charge is 0.251 e. The Labute approximate surface area is 112 Å². The number of nitrogens with zero attached hydrogens (tertiary/aromatic N) is 1. The van der Waals surface area contributed by atoms with Gasteiger partial charge < -0.3 is 0 Å². The molecule has 1 aromatic heterocycles. The fraction of sp³-hybridized carbons (Fsp3) is 0.250. The van der Waals surface area contributed by atoms with Gasteiger partial charge in [0, 0.05) is 14.7 Å². The number of hydrogen-bond donors (Lipinski definition) is 0. The van der Waals surface area contributed by atoms with E-state index in [2.05, 4.69) is 41.4 Å². The molecule has 0 amide bonds. The van der Waals surface area contributed by atoms with E-state index in [9.17, 15) is 4.39 Å². The van der Waals surface area contributed by atoms with Crippen LogP contribution in [0.1, 0.15) is 25.5 Å². The first-order valence-electron chi connectivity index (χ1n) is 4.94. The summed E-state index contributed by atoms with van der Waals surface area (Å²) >= 11 is 8.22. The topological polar surface area (TPSA) is 12.9 Å². The van der Waals surface area contributed by atoms with Crippen molar-refractivity contribution in [2.24, 2.45) is 0 Å². The molecule has 2 aromatic rings. The minimum atomic E-state index is -0.280. The number of rotatable bonds is 1. The van der Waals surface area contributed by atoms with E-state index in [0.717, 1.165) is 14.8 Å². The summed E-state index contributed by atoms with van der Waals surface area (Å²) in [5, 5.41) is 1.24. The van der Waals surface area contributed by atoms with Gasteiger partial charge in [-0.15, -0.1) is 0 Å². The molecule has 0 unspecified atom stereocenters. The quantitative estimate of drug-likeness (QED) is 0.677. The van der Waals surface area contributed by atoms with Gasteiger partial charge in [0.25, 0.3) is 0 Å². The van der Waals surface area contributed by atoms with Crippen LogP contribution in [0.25, 0.3) is 10.9 Å². The van der Waals surface area contributed by atoms with Crippen LogP contribution < -0.4 is 0 Å². The molecule has 1 nitrogen and oxygen atoms in total. The van der Waals surface area contributed by atoms with Gasteiger partial charge in [0.1, 0.15) is 5.82 Å². The number of aromatic nitrogens is 1. The van der Waals surface area contributed by atoms with Crippen LogP contribution in [-0.2, 0) is 0 Å². The smallest absolute Gasteiger partial charge is 0.125 e. The van der Waals surface area contributed by atoms with Crippen molar-refractivity contribution in [3.05, 3.63) is 38.3 Å². The molecule has 0 aliphatic carbocycles. The summed E-state index contributed by atoms with van der Waals surface area (Å²) < 4.78 is 14.0. The van der Waals surface area contributed by atoms with Gasteiger partial charge in [-0.2, -0.15) is 0 Å². The average molecular weight is 350 g/mol. The second kappa shape index (κ2) is 4.45. The van der Waals surface area contributed by atoms with Crippen LogP contribution in [0.2, 0.25) is 5.02 Å². The minimum Gasteiger partial charge on any atom is -0.251 e. The Balaban J connectivity index is 2.82. The van der Waals surface area contributed by atoms with Gasteiger partial charge in [0.05, 0.1) is 10.5 Å². The molecule has 0 bridgehead atoms. The number of fused-ring (bicyclic) bond motifs is 1. The Hall–Kier alpha value is -0.420. The molecule has 0 saturated heterocycles. The van der Waals surface area contributed by atoms with Crippen LogP contribution in [0.3, 0.4) is 0 Å². The van der Waals surface area contributed by atoms with Gasteiger partial charge in [0.2, 0.25) is 0 Å². The highest BCUT2D eigenvalue weighted by Crippen LogP contribution is 2.29. The van der Waals surface area contributed by atoms with Gasteiger partial charge >= 0.3 is 0 Å². The van der Waals surface area contributed by atoms with E-state index >= 15 is 0 Å². The molecule has 0 N–H and O–H groups in total. The zero-order chi connectivity index (χ0) is 11.9. The zero-order valence-corrected chi connectivity index (χ0v) is 11.8. The van der Waals surface area contributed by atoms with Crippen molar-refractivity contribution in [3.63, 3.8) is 0 Å². The van der Waals surface area contributed by atoms with E-state index in [4.69, 9.17) is 11.6 Å². The molecular formula is C12H10ClFIN. The van der Waals surface area contributed by atoms with Crippen LogP contribution in [0.15, 0.2) is 18.2 Å². The molecule has 1 heterocycles. The van der Waals surface area contributed by atoms with Crippen molar-refractivity contribution in [3.8, 4) is 0 Å². The maximum absolute atomic E-state index is 13.2. The summed E-state index contributed by atoms with van der Waals surface area (Å²) in [5.41, 5.74) is 1.71. The number of hydrogen-bond acceptors (Lipinski definition) is 1. The number of benzene rings is 1. The lowest BCUT2D eigenvalue weighted by molar-refractivity contribution is 0.628. The highest BCUT2D eigenvalue weighted by molar-refractivity contribution is 14.1. The number of pyridine rings is 1.